The van der Waals surface area contributed by atoms with Crippen LogP contribution in [-0.4, -0.2) is 9.13 Å². The topological polar surface area (TPSA) is 9.86 Å². The maximum absolute atomic E-state index is 13.3. The first-order valence-corrected chi connectivity index (χ1v) is 8.63. The summed E-state index contributed by atoms with van der Waals surface area (Å²) >= 11 is 0. The molecule has 0 saturated heterocycles. The number of rotatable bonds is 1. The molecular formula is C23H17FN2. The van der Waals surface area contributed by atoms with Crippen LogP contribution in [0.5, 0.6) is 0 Å². The number of halogens is 1. The van der Waals surface area contributed by atoms with E-state index in [2.05, 4.69) is 40.4 Å². The minimum Gasteiger partial charge on any atom is -0.346 e. The van der Waals surface area contributed by atoms with Crippen LogP contribution in [0.3, 0.4) is 0 Å². The van der Waals surface area contributed by atoms with Gasteiger partial charge in [0.1, 0.15) is 5.82 Å². The summed E-state index contributed by atoms with van der Waals surface area (Å²) in [5, 5.41) is 1.26. The monoisotopic (exact) mass is 340 g/mol. The third-order valence-corrected chi connectivity index (χ3v) is 5.57. The molecule has 4 aromatic rings. The Morgan fingerprint density at radius 1 is 0.923 bits per heavy atom. The SMILES string of the molecule is [CH]c1c([CH])c(-c2ccc(F)cc2)n2c1Cc1c(n(C)c3ccccc13)C2. The van der Waals surface area contributed by atoms with E-state index in [9.17, 15) is 4.39 Å². The van der Waals surface area contributed by atoms with Gasteiger partial charge in [0, 0.05) is 49.6 Å². The Morgan fingerprint density at radius 3 is 2.42 bits per heavy atom. The van der Waals surface area contributed by atoms with Gasteiger partial charge < -0.3 is 9.13 Å². The zero-order valence-electron chi connectivity index (χ0n) is 14.5. The molecule has 4 radical (unpaired) electrons. The molecule has 5 rings (SSSR count). The predicted molar refractivity (Wildman–Crippen MR) is 101 cm³/mol. The lowest BCUT2D eigenvalue weighted by Crippen LogP contribution is -2.16. The van der Waals surface area contributed by atoms with Crippen LogP contribution in [-0.2, 0) is 20.0 Å². The Morgan fingerprint density at radius 2 is 1.65 bits per heavy atom. The van der Waals surface area contributed by atoms with E-state index in [0.717, 1.165) is 23.4 Å². The lowest BCUT2D eigenvalue weighted by molar-refractivity contribution is 0.627. The van der Waals surface area contributed by atoms with E-state index in [-0.39, 0.29) is 5.82 Å². The van der Waals surface area contributed by atoms with Crippen LogP contribution in [0.1, 0.15) is 28.1 Å². The van der Waals surface area contributed by atoms with Gasteiger partial charge >= 0.3 is 0 Å². The molecule has 2 nitrogen and oxygen atoms in total. The summed E-state index contributed by atoms with van der Waals surface area (Å²) in [5.41, 5.74) is 7.77. The van der Waals surface area contributed by atoms with Crippen LogP contribution in [0.4, 0.5) is 4.39 Å². The number of aryl methyl sites for hydroxylation is 1. The summed E-state index contributed by atoms with van der Waals surface area (Å²) in [6.07, 6.45) is 0.744. The molecule has 0 aliphatic carbocycles. The molecule has 0 saturated carbocycles. The van der Waals surface area contributed by atoms with Crippen molar-refractivity contribution in [1.82, 2.24) is 9.13 Å². The van der Waals surface area contributed by atoms with Crippen molar-refractivity contribution in [3.05, 3.63) is 96.3 Å². The molecule has 1 aliphatic heterocycles. The Hall–Kier alpha value is -2.81. The van der Waals surface area contributed by atoms with Crippen molar-refractivity contribution in [2.24, 2.45) is 7.05 Å². The lowest BCUT2D eigenvalue weighted by Gasteiger charge is -2.21. The zero-order valence-corrected chi connectivity index (χ0v) is 14.5. The smallest absolute Gasteiger partial charge is 0.123 e. The van der Waals surface area contributed by atoms with Gasteiger partial charge in [-0.05, 0) is 52.6 Å². The summed E-state index contributed by atoms with van der Waals surface area (Å²) in [7, 11) is 2.10. The molecule has 0 bridgehead atoms. The van der Waals surface area contributed by atoms with Crippen LogP contribution in [0.2, 0.25) is 0 Å². The Kier molecular flexibility index (Phi) is 3.17. The van der Waals surface area contributed by atoms with Gasteiger partial charge in [-0.1, -0.05) is 18.2 Å². The second-order valence-corrected chi connectivity index (χ2v) is 6.89. The van der Waals surface area contributed by atoms with Crippen molar-refractivity contribution < 1.29 is 4.39 Å². The standard InChI is InChI=1S/C23H17FN2/c1-14-15(2)23(16-8-10-17(24)11-9-16)26-13-22-19(12-21(14)26)18-6-4-5-7-20(18)25(22)3/h1-2,4-11H,12-13H2,3H3. The number of nitrogens with zero attached hydrogens (tertiary/aromatic N) is 2. The van der Waals surface area contributed by atoms with Gasteiger partial charge in [-0.3, -0.25) is 0 Å². The molecule has 3 heteroatoms. The number of hydrogen-bond acceptors (Lipinski definition) is 0. The fourth-order valence-electron chi connectivity index (χ4n) is 4.23. The number of fused-ring (bicyclic) bond motifs is 4. The minimum atomic E-state index is -0.262. The van der Waals surface area contributed by atoms with E-state index in [0.29, 0.717) is 17.7 Å². The highest BCUT2D eigenvalue weighted by atomic mass is 19.1. The van der Waals surface area contributed by atoms with E-state index < -0.39 is 0 Å². The Labute approximate surface area is 152 Å². The third kappa shape index (κ3) is 1.97. The molecule has 0 amide bonds. The van der Waals surface area contributed by atoms with Gasteiger partial charge in [0.15, 0.2) is 0 Å². The van der Waals surface area contributed by atoms with Gasteiger partial charge in [-0.15, -0.1) is 0 Å². The van der Waals surface area contributed by atoms with Crippen LogP contribution < -0.4 is 0 Å². The van der Waals surface area contributed by atoms with Gasteiger partial charge in [-0.2, -0.15) is 0 Å². The molecule has 0 N–H and O–H groups in total. The summed E-state index contributed by atoms with van der Waals surface area (Å²) < 4.78 is 17.8. The maximum Gasteiger partial charge on any atom is 0.123 e. The quantitative estimate of drug-likeness (QED) is 0.412. The summed E-state index contributed by atoms with van der Waals surface area (Å²) in [4.78, 5) is 0. The number of benzene rings is 2. The van der Waals surface area contributed by atoms with Crippen molar-refractivity contribution >= 4 is 10.9 Å². The van der Waals surface area contributed by atoms with Gasteiger partial charge in [0.2, 0.25) is 0 Å². The highest BCUT2D eigenvalue weighted by Gasteiger charge is 2.27. The van der Waals surface area contributed by atoms with E-state index in [1.165, 1.54) is 34.3 Å². The van der Waals surface area contributed by atoms with Gasteiger partial charge in [0.25, 0.3) is 0 Å². The van der Waals surface area contributed by atoms with Crippen LogP contribution >= 0.6 is 0 Å². The summed E-state index contributed by atoms with van der Waals surface area (Å²) in [6, 6.07) is 14.8. The summed E-state index contributed by atoms with van der Waals surface area (Å²) in [6.45, 7) is 13.4. The molecular weight excluding hydrogens is 323 g/mol. The molecule has 2 aromatic carbocycles. The van der Waals surface area contributed by atoms with E-state index in [1.807, 2.05) is 0 Å². The Balaban J connectivity index is 1.74. The van der Waals surface area contributed by atoms with Crippen molar-refractivity contribution in [3.63, 3.8) is 0 Å². The molecule has 2 aromatic heterocycles. The number of hydrogen-bond donors (Lipinski definition) is 0. The van der Waals surface area contributed by atoms with Crippen LogP contribution in [0, 0.1) is 19.7 Å². The second kappa shape index (κ2) is 5.34. The van der Waals surface area contributed by atoms with E-state index in [1.54, 1.807) is 12.1 Å². The predicted octanol–water partition coefficient (Wildman–Crippen LogP) is 4.86. The summed E-state index contributed by atoms with van der Waals surface area (Å²) in [5.74, 6) is -0.262. The average molecular weight is 340 g/mol. The second-order valence-electron chi connectivity index (χ2n) is 6.89. The van der Waals surface area contributed by atoms with Crippen molar-refractivity contribution in [1.29, 1.82) is 0 Å². The third-order valence-electron chi connectivity index (χ3n) is 5.57. The fraction of sp³-hybridized carbons (Fsp3) is 0.130. The van der Waals surface area contributed by atoms with Crippen molar-refractivity contribution in [2.45, 2.75) is 13.0 Å². The highest BCUT2D eigenvalue weighted by molar-refractivity contribution is 5.86. The molecule has 26 heavy (non-hydrogen) atoms. The molecule has 0 fully saturated rings. The Bertz CT molecular complexity index is 1160. The van der Waals surface area contributed by atoms with Gasteiger partial charge in [0.05, 0.1) is 12.2 Å². The first-order valence-electron chi connectivity index (χ1n) is 8.63. The fourth-order valence-corrected chi connectivity index (χ4v) is 4.23. The molecule has 1 aliphatic rings. The lowest BCUT2D eigenvalue weighted by atomic mass is 10.00. The molecule has 126 valence electrons. The van der Waals surface area contributed by atoms with Crippen molar-refractivity contribution in [3.8, 4) is 11.3 Å². The first-order chi connectivity index (χ1) is 12.6. The molecule has 0 atom stereocenters. The highest BCUT2D eigenvalue weighted by Crippen LogP contribution is 2.39. The normalized spacial score (nSPS) is 13.1. The first kappa shape index (κ1) is 15.4. The maximum atomic E-state index is 13.3. The minimum absolute atomic E-state index is 0.262. The van der Waals surface area contributed by atoms with Crippen LogP contribution in [0.15, 0.2) is 48.5 Å². The van der Waals surface area contributed by atoms with Crippen molar-refractivity contribution in [2.75, 3.05) is 0 Å². The molecule has 0 unspecified atom stereocenters. The molecule has 3 heterocycles. The van der Waals surface area contributed by atoms with Crippen LogP contribution in [0.25, 0.3) is 22.2 Å². The average Bonchev–Trinajstić information content (AvgIpc) is 3.07. The van der Waals surface area contributed by atoms with Gasteiger partial charge in [-0.25, -0.2) is 4.39 Å². The largest absolute Gasteiger partial charge is 0.346 e. The zero-order chi connectivity index (χ0) is 18.0. The van der Waals surface area contributed by atoms with E-state index >= 15 is 0 Å². The number of aromatic nitrogens is 2. The number of para-hydroxylation sites is 1. The molecule has 0 spiro atoms. The van der Waals surface area contributed by atoms with E-state index in [4.69, 9.17) is 13.8 Å².